The molecule has 0 N–H and O–H groups in total. The number of para-hydroxylation sites is 3. The third kappa shape index (κ3) is 4.31. The minimum absolute atomic E-state index is 0.853. The van der Waals surface area contributed by atoms with Crippen molar-refractivity contribution in [1.82, 2.24) is 9.13 Å². The van der Waals surface area contributed by atoms with Crippen LogP contribution in [0.1, 0.15) is 0 Å². The van der Waals surface area contributed by atoms with Crippen LogP contribution < -0.4 is 0 Å². The minimum atomic E-state index is 0.853. The number of benzene rings is 8. The van der Waals surface area contributed by atoms with Gasteiger partial charge < -0.3 is 13.6 Å². The quantitative estimate of drug-likeness (QED) is 0.177. The molecule has 52 heavy (non-hydrogen) atoms. The lowest BCUT2D eigenvalue weighted by Gasteiger charge is -2.12. The molecule has 0 atom stereocenters. The van der Waals surface area contributed by atoms with Gasteiger partial charge in [-0.3, -0.25) is 0 Å². The molecule has 0 unspecified atom stereocenters. The zero-order chi connectivity index (χ0) is 34.3. The Kier molecular flexibility index (Phi) is 6.40. The van der Waals surface area contributed by atoms with Gasteiger partial charge in [0.05, 0.1) is 26.5 Å². The van der Waals surface area contributed by atoms with E-state index in [0.29, 0.717) is 0 Å². The highest BCUT2D eigenvalue weighted by atomic mass is 79.9. The number of hydrogen-bond donors (Lipinski definition) is 0. The van der Waals surface area contributed by atoms with Crippen LogP contribution in [0, 0.1) is 0 Å². The molecule has 0 saturated heterocycles. The Labute approximate surface area is 307 Å². The summed E-state index contributed by atoms with van der Waals surface area (Å²) >= 11 is 3.93. The van der Waals surface area contributed by atoms with Crippen molar-refractivity contribution >= 4 is 81.3 Å². The topological polar surface area (TPSA) is 23.0 Å². The van der Waals surface area contributed by atoms with E-state index in [-0.39, 0.29) is 0 Å². The average Bonchev–Trinajstić information content (AvgIpc) is 3.84. The van der Waals surface area contributed by atoms with Gasteiger partial charge in [0.1, 0.15) is 11.3 Å². The SMILES string of the molecule is Brc1c(-c2cccc3ccccc23)oc2ccc(-c3ccc4c(c3)c3ccccc3n4-c3ccc(-n4c5ccccc5c5ccccc54)cc3)cc12. The monoisotopic (exact) mass is 728 g/mol. The third-order valence-electron chi connectivity index (χ3n) is 10.6. The number of aromatic nitrogens is 2. The van der Waals surface area contributed by atoms with Crippen molar-refractivity contribution in [3.63, 3.8) is 0 Å². The minimum Gasteiger partial charge on any atom is -0.455 e. The van der Waals surface area contributed by atoms with Gasteiger partial charge in [0.15, 0.2) is 0 Å². The van der Waals surface area contributed by atoms with E-state index >= 15 is 0 Å². The molecule has 0 aliphatic rings. The summed E-state index contributed by atoms with van der Waals surface area (Å²) in [6, 6.07) is 63.2. The van der Waals surface area contributed by atoms with E-state index in [0.717, 1.165) is 43.7 Å². The number of halogens is 1. The molecule has 0 aliphatic carbocycles. The first-order valence-corrected chi connectivity index (χ1v) is 18.3. The number of hydrogen-bond acceptors (Lipinski definition) is 1. The van der Waals surface area contributed by atoms with E-state index in [1.807, 2.05) is 0 Å². The fourth-order valence-electron chi connectivity index (χ4n) is 8.23. The average molecular weight is 730 g/mol. The number of fused-ring (bicyclic) bond motifs is 8. The molecule has 3 nitrogen and oxygen atoms in total. The van der Waals surface area contributed by atoms with Gasteiger partial charge in [-0.1, -0.05) is 109 Å². The molecular weight excluding hydrogens is 700 g/mol. The summed E-state index contributed by atoms with van der Waals surface area (Å²) in [6.45, 7) is 0. The van der Waals surface area contributed by atoms with Gasteiger partial charge in [0.2, 0.25) is 0 Å². The first kappa shape index (κ1) is 29.4. The maximum Gasteiger partial charge on any atom is 0.150 e. The Morgan fingerprint density at radius 2 is 0.865 bits per heavy atom. The number of rotatable bonds is 4. The van der Waals surface area contributed by atoms with Gasteiger partial charge in [-0.2, -0.15) is 0 Å². The van der Waals surface area contributed by atoms with Crippen LogP contribution in [0.15, 0.2) is 185 Å². The summed E-state index contributed by atoms with van der Waals surface area (Å²) in [4.78, 5) is 0. The maximum atomic E-state index is 6.49. The van der Waals surface area contributed by atoms with Crippen molar-refractivity contribution in [3.8, 4) is 33.8 Å². The van der Waals surface area contributed by atoms with Crippen molar-refractivity contribution in [2.45, 2.75) is 0 Å². The summed E-state index contributed by atoms with van der Waals surface area (Å²) in [7, 11) is 0. The second-order valence-electron chi connectivity index (χ2n) is 13.5. The Balaban J connectivity index is 1.02. The smallest absolute Gasteiger partial charge is 0.150 e. The zero-order valence-corrected chi connectivity index (χ0v) is 29.5. The van der Waals surface area contributed by atoms with E-state index < -0.39 is 0 Å². The van der Waals surface area contributed by atoms with Crippen LogP contribution in [-0.4, -0.2) is 9.13 Å². The van der Waals surface area contributed by atoms with Crippen LogP contribution in [0.2, 0.25) is 0 Å². The molecule has 4 heteroatoms. The van der Waals surface area contributed by atoms with E-state index in [2.05, 4.69) is 201 Å². The molecular formula is C48H29BrN2O. The van der Waals surface area contributed by atoms with Gasteiger partial charge in [-0.25, -0.2) is 0 Å². The molecule has 11 rings (SSSR count). The largest absolute Gasteiger partial charge is 0.455 e. The summed E-state index contributed by atoms with van der Waals surface area (Å²) in [6.07, 6.45) is 0. The molecule has 0 spiro atoms. The van der Waals surface area contributed by atoms with E-state index in [4.69, 9.17) is 4.42 Å². The number of nitrogens with zero attached hydrogens (tertiary/aromatic N) is 2. The molecule has 3 heterocycles. The van der Waals surface area contributed by atoms with Crippen LogP contribution >= 0.6 is 15.9 Å². The molecule has 244 valence electrons. The predicted octanol–water partition coefficient (Wildman–Crippen LogP) is 13.9. The van der Waals surface area contributed by atoms with E-state index in [1.54, 1.807) is 0 Å². The molecule has 0 fully saturated rings. The second-order valence-corrected chi connectivity index (χ2v) is 14.2. The van der Waals surface area contributed by atoms with Crippen LogP contribution in [0.5, 0.6) is 0 Å². The summed E-state index contributed by atoms with van der Waals surface area (Å²) < 4.78 is 12.2. The highest BCUT2D eigenvalue weighted by molar-refractivity contribution is 9.10. The fourth-order valence-corrected chi connectivity index (χ4v) is 8.83. The lowest BCUT2D eigenvalue weighted by atomic mass is 10.0. The lowest BCUT2D eigenvalue weighted by molar-refractivity contribution is 0.630. The van der Waals surface area contributed by atoms with Gasteiger partial charge >= 0.3 is 0 Å². The second kappa shape index (κ2) is 11.3. The van der Waals surface area contributed by atoms with Crippen LogP contribution in [-0.2, 0) is 0 Å². The Morgan fingerprint density at radius 1 is 0.385 bits per heavy atom. The standard InChI is InChI=1S/C48H29BrN2O/c49-47-41-29-32(21-27-46(41)52-48(47)39-16-9-11-30-10-1-2-12-35(30)39)31-20-26-45-40(28-31)38-15-5-8-19-44(38)51(45)34-24-22-33(23-25-34)50-42-17-6-3-13-36(42)37-14-4-7-18-43(37)50/h1-29H. The maximum absolute atomic E-state index is 6.49. The predicted molar refractivity (Wildman–Crippen MR) is 221 cm³/mol. The van der Waals surface area contributed by atoms with E-state index in [1.165, 1.54) is 59.9 Å². The van der Waals surface area contributed by atoms with E-state index in [9.17, 15) is 0 Å². The van der Waals surface area contributed by atoms with Gasteiger partial charge in [-0.15, -0.1) is 0 Å². The van der Waals surface area contributed by atoms with Crippen LogP contribution in [0.4, 0.5) is 0 Å². The molecule has 0 radical (unpaired) electrons. The van der Waals surface area contributed by atoms with Crippen LogP contribution in [0.25, 0.3) is 99.2 Å². The molecule has 11 aromatic rings. The molecule has 0 aliphatic heterocycles. The molecule has 0 bridgehead atoms. The van der Waals surface area contributed by atoms with Crippen molar-refractivity contribution in [2.75, 3.05) is 0 Å². The van der Waals surface area contributed by atoms with Gasteiger partial charge in [-0.05, 0) is 105 Å². The third-order valence-corrected chi connectivity index (χ3v) is 11.4. The summed E-state index contributed by atoms with van der Waals surface area (Å²) in [5, 5.41) is 8.42. The van der Waals surface area contributed by atoms with Crippen molar-refractivity contribution < 1.29 is 4.42 Å². The normalized spacial score (nSPS) is 11.9. The van der Waals surface area contributed by atoms with Crippen molar-refractivity contribution in [2.24, 2.45) is 0 Å². The van der Waals surface area contributed by atoms with Crippen molar-refractivity contribution in [1.29, 1.82) is 0 Å². The summed E-state index contributed by atoms with van der Waals surface area (Å²) in [5.41, 5.74) is 11.3. The zero-order valence-electron chi connectivity index (χ0n) is 27.9. The first-order valence-electron chi connectivity index (χ1n) is 17.5. The van der Waals surface area contributed by atoms with Gasteiger partial charge in [0.25, 0.3) is 0 Å². The fraction of sp³-hybridized carbons (Fsp3) is 0. The Morgan fingerprint density at radius 3 is 1.50 bits per heavy atom. The lowest BCUT2D eigenvalue weighted by Crippen LogP contribution is -1.97. The van der Waals surface area contributed by atoms with Crippen molar-refractivity contribution in [3.05, 3.63) is 180 Å². The molecule has 3 aromatic heterocycles. The van der Waals surface area contributed by atoms with Crippen LogP contribution in [0.3, 0.4) is 0 Å². The highest BCUT2D eigenvalue weighted by Crippen LogP contribution is 2.43. The molecule has 8 aromatic carbocycles. The summed E-state index contributed by atoms with van der Waals surface area (Å²) in [5.74, 6) is 0.853. The van der Waals surface area contributed by atoms with Gasteiger partial charge in [0, 0.05) is 43.9 Å². The Hall–Kier alpha value is -6.36. The number of furan rings is 1. The first-order chi connectivity index (χ1) is 25.7. The highest BCUT2D eigenvalue weighted by Gasteiger charge is 2.19. The molecule has 0 saturated carbocycles. The Bertz CT molecular complexity index is 3140. The molecule has 0 amide bonds.